The summed E-state index contributed by atoms with van der Waals surface area (Å²) in [7, 11) is 0. The Morgan fingerprint density at radius 2 is 2.04 bits per heavy atom. The minimum absolute atomic E-state index is 0.386. The summed E-state index contributed by atoms with van der Waals surface area (Å²) in [5.74, 6) is 1.54. The number of pyridine rings is 2. The van der Waals surface area contributed by atoms with Gasteiger partial charge in [0.15, 0.2) is 5.75 Å². The second kappa shape index (κ2) is 8.84. The molecule has 2 aromatic heterocycles. The summed E-state index contributed by atoms with van der Waals surface area (Å²) < 4.78 is 11.6. The SMILES string of the molecule is N#Cc1cnccc1CCCOc1cccnc1Oc1cccc(Cl)c1. The van der Waals surface area contributed by atoms with Gasteiger partial charge in [-0.2, -0.15) is 5.26 Å². The zero-order valence-corrected chi connectivity index (χ0v) is 14.7. The Hall–Kier alpha value is -3.10. The van der Waals surface area contributed by atoms with Crippen molar-refractivity contribution in [1.29, 1.82) is 5.26 Å². The van der Waals surface area contributed by atoms with E-state index in [1.165, 1.54) is 0 Å². The zero-order chi connectivity index (χ0) is 18.2. The molecule has 0 saturated heterocycles. The highest BCUT2D eigenvalue weighted by Gasteiger charge is 2.08. The molecule has 0 saturated carbocycles. The summed E-state index contributed by atoms with van der Waals surface area (Å²) in [4.78, 5) is 8.19. The van der Waals surface area contributed by atoms with E-state index in [4.69, 9.17) is 26.3 Å². The fourth-order valence-electron chi connectivity index (χ4n) is 2.39. The summed E-state index contributed by atoms with van der Waals surface area (Å²) >= 11 is 5.98. The van der Waals surface area contributed by atoms with Gasteiger partial charge in [-0.15, -0.1) is 0 Å². The highest BCUT2D eigenvalue weighted by atomic mass is 35.5. The molecule has 6 heteroatoms. The molecule has 0 atom stereocenters. The molecule has 0 fully saturated rings. The first kappa shape index (κ1) is 17.7. The topological polar surface area (TPSA) is 68.0 Å². The van der Waals surface area contributed by atoms with Crippen molar-refractivity contribution in [2.24, 2.45) is 0 Å². The van der Waals surface area contributed by atoms with Crippen molar-refractivity contribution in [3.05, 3.63) is 77.2 Å². The predicted molar refractivity (Wildman–Crippen MR) is 98.5 cm³/mol. The smallest absolute Gasteiger partial charge is 0.262 e. The van der Waals surface area contributed by atoms with Crippen LogP contribution in [0.2, 0.25) is 5.02 Å². The molecule has 0 radical (unpaired) electrons. The van der Waals surface area contributed by atoms with Gasteiger partial charge in [-0.05, 0) is 54.8 Å². The van der Waals surface area contributed by atoms with E-state index in [9.17, 15) is 0 Å². The van der Waals surface area contributed by atoms with Crippen LogP contribution in [-0.4, -0.2) is 16.6 Å². The molecule has 1 aromatic carbocycles. The third-order valence-electron chi connectivity index (χ3n) is 3.63. The number of benzene rings is 1. The van der Waals surface area contributed by atoms with E-state index < -0.39 is 0 Å². The molecule has 2 heterocycles. The second-order valence-electron chi connectivity index (χ2n) is 5.46. The first-order valence-corrected chi connectivity index (χ1v) is 8.48. The van der Waals surface area contributed by atoms with Gasteiger partial charge >= 0.3 is 0 Å². The van der Waals surface area contributed by atoms with Crippen molar-refractivity contribution < 1.29 is 9.47 Å². The fraction of sp³-hybridized carbons (Fsp3) is 0.150. The number of nitriles is 1. The monoisotopic (exact) mass is 365 g/mol. The van der Waals surface area contributed by atoms with Crippen molar-refractivity contribution in [3.63, 3.8) is 0 Å². The molecule has 0 unspecified atom stereocenters. The van der Waals surface area contributed by atoms with Crippen molar-refractivity contribution in [1.82, 2.24) is 9.97 Å². The van der Waals surface area contributed by atoms with Crippen LogP contribution < -0.4 is 9.47 Å². The minimum Gasteiger partial charge on any atom is -0.488 e. The van der Waals surface area contributed by atoms with Gasteiger partial charge in [-0.25, -0.2) is 4.98 Å². The molecule has 0 amide bonds. The fourth-order valence-corrected chi connectivity index (χ4v) is 2.57. The maximum absolute atomic E-state index is 9.09. The lowest BCUT2D eigenvalue weighted by Crippen LogP contribution is -2.02. The van der Waals surface area contributed by atoms with Crippen LogP contribution in [-0.2, 0) is 6.42 Å². The number of halogens is 1. The van der Waals surface area contributed by atoms with Crippen LogP contribution in [0.5, 0.6) is 17.4 Å². The Kier molecular flexibility index (Phi) is 6.02. The van der Waals surface area contributed by atoms with E-state index in [-0.39, 0.29) is 0 Å². The Labute approximate surface area is 156 Å². The molecule has 5 nitrogen and oxygen atoms in total. The standard InChI is InChI=1S/C20H16ClN3O2/c21-17-5-1-6-18(12-17)26-20-19(7-2-9-24-20)25-11-3-4-15-8-10-23-14-16(15)13-22/h1-2,5-10,12,14H,3-4,11H2. The van der Waals surface area contributed by atoms with E-state index in [0.717, 1.165) is 18.4 Å². The van der Waals surface area contributed by atoms with Crippen LogP contribution in [0.25, 0.3) is 0 Å². The van der Waals surface area contributed by atoms with Crippen LogP contribution in [0.4, 0.5) is 0 Å². The Balaban J connectivity index is 1.59. The molecule has 130 valence electrons. The third kappa shape index (κ3) is 4.71. The number of ether oxygens (including phenoxy) is 2. The highest BCUT2D eigenvalue weighted by molar-refractivity contribution is 6.30. The van der Waals surface area contributed by atoms with Crippen molar-refractivity contribution in [3.8, 4) is 23.4 Å². The molecule has 0 aliphatic heterocycles. The van der Waals surface area contributed by atoms with Gasteiger partial charge in [0.1, 0.15) is 11.8 Å². The van der Waals surface area contributed by atoms with E-state index in [1.807, 2.05) is 12.1 Å². The lowest BCUT2D eigenvalue weighted by atomic mass is 10.1. The summed E-state index contributed by atoms with van der Waals surface area (Å²) in [6, 6.07) is 14.7. The van der Waals surface area contributed by atoms with Crippen molar-refractivity contribution in [2.75, 3.05) is 6.61 Å². The van der Waals surface area contributed by atoms with E-state index >= 15 is 0 Å². The first-order valence-electron chi connectivity index (χ1n) is 8.10. The number of hydrogen-bond donors (Lipinski definition) is 0. The Morgan fingerprint density at radius 1 is 1.12 bits per heavy atom. The van der Waals surface area contributed by atoms with Crippen LogP contribution in [0.1, 0.15) is 17.5 Å². The summed E-state index contributed by atoms with van der Waals surface area (Å²) in [6.45, 7) is 0.477. The van der Waals surface area contributed by atoms with Gasteiger partial charge in [-0.3, -0.25) is 4.98 Å². The summed E-state index contributed by atoms with van der Waals surface area (Å²) in [6.07, 6.45) is 6.40. The normalized spacial score (nSPS) is 10.2. The second-order valence-corrected chi connectivity index (χ2v) is 5.90. The number of hydrogen-bond acceptors (Lipinski definition) is 5. The van der Waals surface area contributed by atoms with Gasteiger partial charge in [0, 0.05) is 23.6 Å². The van der Waals surface area contributed by atoms with Crippen LogP contribution in [0.15, 0.2) is 61.1 Å². The molecule has 3 rings (SSSR count). The number of aryl methyl sites for hydroxylation is 1. The first-order chi connectivity index (χ1) is 12.8. The molecule has 0 spiro atoms. The molecular formula is C20H16ClN3O2. The van der Waals surface area contributed by atoms with Crippen molar-refractivity contribution in [2.45, 2.75) is 12.8 Å². The van der Waals surface area contributed by atoms with Crippen LogP contribution in [0, 0.1) is 11.3 Å². The molecule has 0 N–H and O–H groups in total. The van der Waals surface area contributed by atoms with Gasteiger partial charge in [0.05, 0.1) is 12.2 Å². The minimum atomic E-state index is 0.386. The quantitative estimate of drug-likeness (QED) is 0.562. The zero-order valence-electron chi connectivity index (χ0n) is 13.9. The molecule has 0 bridgehead atoms. The maximum Gasteiger partial charge on any atom is 0.262 e. The van der Waals surface area contributed by atoms with Crippen molar-refractivity contribution >= 4 is 11.6 Å². The lowest BCUT2D eigenvalue weighted by molar-refractivity contribution is 0.293. The summed E-state index contributed by atoms with van der Waals surface area (Å²) in [5, 5.41) is 9.68. The predicted octanol–water partition coefficient (Wildman–Crippen LogP) is 4.81. The number of rotatable bonds is 7. The molecule has 3 aromatic rings. The lowest BCUT2D eigenvalue weighted by Gasteiger charge is -2.11. The molecule has 26 heavy (non-hydrogen) atoms. The molecule has 0 aliphatic carbocycles. The third-order valence-corrected chi connectivity index (χ3v) is 3.86. The molecule has 0 aliphatic rings. The number of aromatic nitrogens is 2. The van der Waals surface area contributed by atoms with Crippen LogP contribution >= 0.6 is 11.6 Å². The van der Waals surface area contributed by atoms with E-state index in [2.05, 4.69) is 16.0 Å². The van der Waals surface area contributed by atoms with Gasteiger partial charge in [0.25, 0.3) is 5.88 Å². The maximum atomic E-state index is 9.09. The molecular weight excluding hydrogens is 350 g/mol. The van der Waals surface area contributed by atoms with Gasteiger partial charge in [-0.1, -0.05) is 17.7 Å². The van der Waals surface area contributed by atoms with Crippen LogP contribution in [0.3, 0.4) is 0 Å². The van der Waals surface area contributed by atoms with E-state index in [1.54, 1.807) is 48.9 Å². The Morgan fingerprint density at radius 3 is 2.88 bits per heavy atom. The Bertz CT molecular complexity index is 925. The van der Waals surface area contributed by atoms with Gasteiger partial charge < -0.3 is 9.47 Å². The highest BCUT2D eigenvalue weighted by Crippen LogP contribution is 2.30. The number of nitrogens with zero attached hydrogens (tertiary/aromatic N) is 3. The average molecular weight is 366 g/mol. The summed E-state index contributed by atoms with van der Waals surface area (Å²) in [5.41, 5.74) is 1.56. The van der Waals surface area contributed by atoms with Gasteiger partial charge in [0.2, 0.25) is 0 Å². The van der Waals surface area contributed by atoms with E-state index in [0.29, 0.717) is 34.6 Å². The average Bonchev–Trinajstić information content (AvgIpc) is 2.67. The largest absolute Gasteiger partial charge is 0.488 e.